The Morgan fingerprint density at radius 2 is 2.25 bits per heavy atom. The number of carbonyl (C=O) groups excluding carboxylic acids is 1. The maximum absolute atomic E-state index is 12.7. The molecule has 1 saturated heterocycles. The zero-order chi connectivity index (χ0) is 17.7. The molecule has 0 aliphatic carbocycles. The standard InChI is InChI=1S/C15H20N4O4S/c1-3-15(20)17-11-4-5-13(23-2)14(8-11)24(21,22)18-12-6-7-19(9-12)10-16/h4-5,8,12,18H,3,6-7,9H2,1-2H3,(H,17,20)/t12-/m1/s1. The van der Waals surface area contributed by atoms with Gasteiger partial charge in [-0.1, -0.05) is 6.92 Å². The van der Waals surface area contributed by atoms with Crippen LogP contribution in [0, 0.1) is 11.5 Å². The number of sulfonamides is 1. The highest BCUT2D eigenvalue weighted by atomic mass is 32.2. The number of carbonyl (C=O) groups is 1. The summed E-state index contributed by atoms with van der Waals surface area (Å²) in [4.78, 5) is 13.0. The fraction of sp³-hybridized carbons (Fsp3) is 0.467. The molecule has 1 amide bonds. The van der Waals surface area contributed by atoms with Crippen LogP contribution in [0.2, 0.25) is 0 Å². The van der Waals surface area contributed by atoms with Crippen molar-refractivity contribution < 1.29 is 17.9 Å². The van der Waals surface area contributed by atoms with Gasteiger partial charge in [0.1, 0.15) is 10.6 Å². The molecule has 0 saturated carbocycles. The van der Waals surface area contributed by atoms with E-state index in [0.717, 1.165) is 0 Å². The molecule has 1 aromatic carbocycles. The van der Waals surface area contributed by atoms with Gasteiger partial charge >= 0.3 is 0 Å². The van der Waals surface area contributed by atoms with Crippen LogP contribution in [-0.4, -0.2) is 45.5 Å². The Morgan fingerprint density at radius 1 is 1.50 bits per heavy atom. The lowest BCUT2D eigenvalue weighted by Gasteiger charge is -2.16. The molecular formula is C15H20N4O4S. The summed E-state index contributed by atoms with van der Waals surface area (Å²) in [6, 6.07) is 4.11. The number of anilines is 1. The smallest absolute Gasteiger partial charge is 0.244 e. The summed E-state index contributed by atoms with van der Waals surface area (Å²) in [6.45, 7) is 2.57. The summed E-state index contributed by atoms with van der Waals surface area (Å²) in [7, 11) is -2.46. The van der Waals surface area contributed by atoms with Gasteiger partial charge in [0, 0.05) is 31.2 Å². The van der Waals surface area contributed by atoms with Crippen LogP contribution in [0.15, 0.2) is 23.1 Å². The molecule has 8 nitrogen and oxygen atoms in total. The first-order chi connectivity index (χ1) is 11.4. The van der Waals surface area contributed by atoms with E-state index < -0.39 is 10.0 Å². The number of likely N-dealkylation sites (tertiary alicyclic amines) is 1. The van der Waals surface area contributed by atoms with Gasteiger partial charge in [-0.05, 0) is 24.6 Å². The van der Waals surface area contributed by atoms with E-state index >= 15 is 0 Å². The first-order valence-electron chi connectivity index (χ1n) is 7.54. The quantitative estimate of drug-likeness (QED) is 0.735. The molecule has 9 heteroatoms. The summed E-state index contributed by atoms with van der Waals surface area (Å²) < 4.78 is 33.1. The van der Waals surface area contributed by atoms with Crippen molar-refractivity contribution in [3.05, 3.63) is 18.2 Å². The zero-order valence-corrected chi connectivity index (χ0v) is 14.4. The Morgan fingerprint density at radius 3 is 2.83 bits per heavy atom. The number of hydrogen-bond acceptors (Lipinski definition) is 6. The molecule has 0 bridgehead atoms. The number of ether oxygens (including phenoxy) is 1. The molecule has 1 fully saturated rings. The van der Waals surface area contributed by atoms with Gasteiger partial charge in [-0.25, -0.2) is 13.1 Å². The molecule has 1 aliphatic rings. The normalized spacial score (nSPS) is 17.4. The van der Waals surface area contributed by atoms with Crippen LogP contribution < -0.4 is 14.8 Å². The Bertz CT molecular complexity index is 757. The minimum Gasteiger partial charge on any atom is -0.495 e. The summed E-state index contributed by atoms with van der Waals surface area (Å²) in [6.07, 6.45) is 2.85. The lowest BCUT2D eigenvalue weighted by molar-refractivity contribution is -0.115. The molecule has 0 spiro atoms. The summed E-state index contributed by atoms with van der Waals surface area (Å²) in [5, 5.41) is 11.5. The number of hydrogen-bond donors (Lipinski definition) is 2. The summed E-state index contributed by atoms with van der Waals surface area (Å²) in [5.41, 5.74) is 0.382. The van der Waals surface area contributed by atoms with Crippen LogP contribution >= 0.6 is 0 Å². The van der Waals surface area contributed by atoms with Crippen LogP contribution in [-0.2, 0) is 14.8 Å². The van der Waals surface area contributed by atoms with E-state index in [4.69, 9.17) is 10.00 Å². The Hall–Kier alpha value is -2.31. The molecule has 24 heavy (non-hydrogen) atoms. The number of nitrogens with zero attached hydrogens (tertiary/aromatic N) is 2. The lowest BCUT2D eigenvalue weighted by atomic mass is 10.3. The summed E-state index contributed by atoms with van der Waals surface area (Å²) in [5.74, 6) is -0.0240. The van der Waals surface area contributed by atoms with Gasteiger partial charge in [0.25, 0.3) is 0 Å². The largest absolute Gasteiger partial charge is 0.495 e. The lowest BCUT2D eigenvalue weighted by Crippen LogP contribution is -2.36. The second-order valence-corrected chi connectivity index (χ2v) is 7.10. The van der Waals surface area contributed by atoms with Gasteiger partial charge in [0.15, 0.2) is 6.19 Å². The van der Waals surface area contributed by atoms with Gasteiger partial charge in [-0.3, -0.25) is 4.79 Å². The van der Waals surface area contributed by atoms with E-state index in [-0.39, 0.29) is 22.6 Å². The van der Waals surface area contributed by atoms with Gasteiger partial charge in [-0.15, -0.1) is 0 Å². The third kappa shape index (κ3) is 4.15. The van der Waals surface area contributed by atoms with Gasteiger partial charge in [0.2, 0.25) is 15.9 Å². The van der Waals surface area contributed by atoms with Crippen molar-refractivity contribution in [1.82, 2.24) is 9.62 Å². The molecule has 0 radical (unpaired) electrons. The number of benzene rings is 1. The molecular weight excluding hydrogens is 332 g/mol. The Balaban J connectivity index is 2.25. The van der Waals surface area contributed by atoms with Gasteiger partial charge in [0.05, 0.1) is 7.11 Å². The fourth-order valence-electron chi connectivity index (χ4n) is 2.44. The van der Waals surface area contributed by atoms with Crippen molar-refractivity contribution in [1.29, 1.82) is 5.26 Å². The van der Waals surface area contributed by atoms with E-state index in [9.17, 15) is 13.2 Å². The molecule has 0 aromatic heterocycles. The first-order valence-corrected chi connectivity index (χ1v) is 9.02. The predicted molar refractivity (Wildman–Crippen MR) is 87.8 cm³/mol. The third-order valence-electron chi connectivity index (χ3n) is 3.71. The fourth-order valence-corrected chi connectivity index (χ4v) is 3.90. The molecule has 0 unspecified atom stereocenters. The van der Waals surface area contributed by atoms with E-state index in [0.29, 0.717) is 31.6 Å². The minimum absolute atomic E-state index is 0.0469. The van der Waals surface area contributed by atoms with Crippen LogP contribution in [0.5, 0.6) is 5.75 Å². The number of nitrogens with one attached hydrogen (secondary N) is 2. The number of rotatable bonds is 6. The summed E-state index contributed by atoms with van der Waals surface area (Å²) >= 11 is 0. The highest BCUT2D eigenvalue weighted by molar-refractivity contribution is 7.89. The molecule has 2 rings (SSSR count). The maximum atomic E-state index is 12.7. The number of nitriles is 1. The molecule has 1 heterocycles. The average Bonchev–Trinajstić information content (AvgIpc) is 3.01. The molecule has 1 aliphatic heterocycles. The van der Waals surface area contributed by atoms with Crippen LogP contribution in [0.3, 0.4) is 0 Å². The average molecular weight is 352 g/mol. The first kappa shape index (κ1) is 18.0. The molecule has 2 N–H and O–H groups in total. The van der Waals surface area contributed by atoms with Crippen LogP contribution in [0.1, 0.15) is 19.8 Å². The highest BCUT2D eigenvalue weighted by Gasteiger charge is 2.28. The van der Waals surface area contributed by atoms with Crippen molar-refractivity contribution in [2.75, 3.05) is 25.5 Å². The van der Waals surface area contributed by atoms with Crippen LogP contribution in [0.4, 0.5) is 5.69 Å². The van der Waals surface area contributed by atoms with Crippen molar-refractivity contribution in [2.45, 2.75) is 30.7 Å². The van der Waals surface area contributed by atoms with E-state index in [1.54, 1.807) is 13.0 Å². The topological polar surface area (TPSA) is 112 Å². The second-order valence-electron chi connectivity index (χ2n) is 5.42. The Kier molecular flexibility index (Phi) is 5.64. The Labute approximate surface area is 141 Å². The third-order valence-corrected chi connectivity index (χ3v) is 5.25. The van der Waals surface area contributed by atoms with Crippen molar-refractivity contribution in [3.63, 3.8) is 0 Å². The van der Waals surface area contributed by atoms with Crippen LogP contribution in [0.25, 0.3) is 0 Å². The maximum Gasteiger partial charge on any atom is 0.244 e. The van der Waals surface area contributed by atoms with Gasteiger partial charge < -0.3 is 15.0 Å². The number of methoxy groups -OCH3 is 1. The van der Waals surface area contributed by atoms with Crippen molar-refractivity contribution in [2.24, 2.45) is 0 Å². The van der Waals surface area contributed by atoms with Crippen molar-refractivity contribution >= 4 is 21.6 Å². The van der Waals surface area contributed by atoms with E-state index in [1.165, 1.54) is 24.1 Å². The van der Waals surface area contributed by atoms with E-state index in [2.05, 4.69) is 10.0 Å². The molecule has 1 aromatic rings. The SMILES string of the molecule is CCC(=O)Nc1ccc(OC)c(S(=O)(=O)N[C@@H]2CCN(C#N)C2)c1. The van der Waals surface area contributed by atoms with E-state index in [1.807, 2.05) is 6.19 Å². The van der Waals surface area contributed by atoms with Gasteiger partial charge in [-0.2, -0.15) is 5.26 Å². The molecule has 1 atom stereocenters. The second kappa shape index (κ2) is 7.51. The molecule has 130 valence electrons. The highest BCUT2D eigenvalue weighted by Crippen LogP contribution is 2.28. The zero-order valence-electron chi connectivity index (χ0n) is 13.6. The van der Waals surface area contributed by atoms with Crippen molar-refractivity contribution in [3.8, 4) is 11.9 Å². The monoisotopic (exact) mass is 352 g/mol. The number of amides is 1. The minimum atomic E-state index is -3.85. The predicted octanol–water partition coefficient (Wildman–Crippen LogP) is 0.877.